The molecule has 1 aliphatic rings. The number of amides is 4. The summed E-state index contributed by atoms with van der Waals surface area (Å²) in [5.74, 6) is -0.471. The lowest BCUT2D eigenvalue weighted by molar-refractivity contribution is -0.122. The Labute approximate surface area is 232 Å². The minimum absolute atomic E-state index is 0.171. The molecular weight excluding hydrogens is 516 g/mol. The fourth-order valence-corrected chi connectivity index (χ4v) is 4.50. The number of hydrogen-bond acceptors (Lipinski definition) is 5. The van der Waals surface area contributed by atoms with Gasteiger partial charge in [0.05, 0.1) is 12.3 Å². The maximum atomic E-state index is 13.4. The first-order valence-corrected chi connectivity index (χ1v) is 12.9. The van der Waals surface area contributed by atoms with Crippen molar-refractivity contribution >= 4 is 41.2 Å². The van der Waals surface area contributed by atoms with E-state index in [1.54, 1.807) is 36.4 Å². The van der Waals surface area contributed by atoms with Gasteiger partial charge in [-0.2, -0.15) is 0 Å². The number of anilines is 1. The molecule has 1 heterocycles. The van der Waals surface area contributed by atoms with Crippen LogP contribution in [0.1, 0.15) is 34.7 Å². The molecule has 1 fully saturated rings. The van der Waals surface area contributed by atoms with Crippen LogP contribution in [0.15, 0.2) is 72.8 Å². The minimum Gasteiger partial charge on any atom is -0.490 e. The van der Waals surface area contributed by atoms with Gasteiger partial charge in [0.2, 0.25) is 0 Å². The van der Waals surface area contributed by atoms with E-state index in [4.69, 9.17) is 21.1 Å². The molecule has 7 nitrogen and oxygen atoms in total. The van der Waals surface area contributed by atoms with Gasteiger partial charge in [-0.15, -0.1) is 6.58 Å². The lowest BCUT2D eigenvalue weighted by Crippen LogP contribution is -2.54. The SMILES string of the molecule is C=CCc1cc(/C=C2\C(=O)NC(=O)N(c3cc(C)cc(C)c3)C2=O)cc(OCC)c1OCc1ccc(Cl)cc1. The number of urea groups is 1. The highest BCUT2D eigenvalue weighted by atomic mass is 35.5. The van der Waals surface area contributed by atoms with Crippen LogP contribution in [-0.4, -0.2) is 24.5 Å². The van der Waals surface area contributed by atoms with Gasteiger partial charge in [-0.1, -0.05) is 35.9 Å². The second-order valence-electron chi connectivity index (χ2n) is 9.15. The standard InChI is InChI=1S/C31H29ClN2O5/c1-5-7-23-15-22(17-27(38-6-2)28(23)39-18-21-8-10-24(32)11-9-21)16-26-29(35)33-31(37)34(30(26)36)25-13-19(3)12-20(4)14-25/h5,8-17H,1,6-7,18H2,2-4H3,(H,33,35,37)/b26-16+. The van der Waals surface area contributed by atoms with E-state index in [1.165, 1.54) is 6.08 Å². The van der Waals surface area contributed by atoms with Crippen LogP contribution in [0.5, 0.6) is 11.5 Å². The average molecular weight is 545 g/mol. The van der Waals surface area contributed by atoms with Gasteiger partial charge in [-0.25, -0.2) is 9.69 Å². The van der Waals surface area contributed by atoms with E-state index in [1.807, 2.05) is 45.0 Å². The lowest BCUT2D eigenvalue weighted by Gasteiger charge is -2.27. The molecule has 3 aromatic carbocycles. The highest BCUT2D eigenvalue weighted by molar-refractivity contribution is 6.39. The molecule has 0 spiro atoms. The van der Waals surface area contributed by atoms with Crippen molar-refractivity contribution < 1.29 is 23.9 Å². The molecule has 3 aromatic rings. The number of hydrogen-bond donors (Lipinski definition) is 1. The number of rotatable bonds is 9. The second kappa shape index (κ2) is 12.0. The summed E-state index contributed by atoms with van der Waals surface area (Å²) >= 11 is 5.99. The maximum absolute atomic E-state index is 13.4. The first-order chi connectivity index (χ1) is 18.7. The third kappa shape index (κ3) is 6.38. The van der Waals surface area contributed by atoms with Crippen LogP contribution in [0.4, 0.5) is 10.5 Å². The Balaban J connectivity index is 1.72. The van der Waals surface area contributed by atoms with Crippen LogP contribution in [0.3, 0.4) is 0 Å². The molecular formula is C31H29ClN2O5. The molecule has 200 valence electrons. The first kappa shape index (κ1) is 27.7. The topological polar surface area (TPSA) is 84.9 Å². The molecule has 0 radical (unpaired) electrons. The predicted octanol–water partition coefficient (Wildman–Crippen LogP) is 6.33. The summed E-state index contributed by atoms with van der Waals surface area (Å²) in [6, 6.07) is 15.5. The quantitative estimate of drug-likeness (QED) is 0.193. The summed E-state index contributed by atoms with van der Waals surface area (Å²) in [4.78, 5) is 39.8. The first-order valence-electron chi connectivity index (χ1n) is 12.5. The zero-order valence-corrected chi connectivity index (χ0v) is 22.8. The van der Waals surface area contributed by atoms with E-state index in [0.717, 1.165) is 27.2 Å². The van der Waals surface area contributed by atoms with Gasteiger partial charge in [0.25, 0.3) is 11.8 Å². The number of nitrogens with zero attached hydrogens (tertiary/aromatic N) is 1. The lowest BCUT2D eigenvalue weighted by atomic mass is 10.0. The van der Waals surface area contributed by atoms with Crippen molar-refractivity contribution in [2.24, 2.45) is 0 Å². The van der Waals surface area contributed by atoms with Crippen LogP contribution < -0.4 is 19.7 Å². The van der Waals surface area contributed by atoms with E-state index in [-0.39, 0.29) is 12.2 Å². The molecule has 0 saturated carbocycles. The van der Waals surface area contributed by atoms with Gasteiger partial charge in [0, 0.05) is 10.6 Å². The van der Waals surface area contributed by atoms with E-state index in [2.05, 4.69) is 11.9 Å². The van der Waals surface area contributed by atoms with E-state index >= 15 is 0 Å². The molecule has 8 heteroatoms. The number of halogens is 1. The third-order valence-electron chi connectivity index (χ3n) is 5.99. The van der Waals surface area contributed by atoms with Crippen LogP contribution in [0.25, 0.3) is 6.08 Å². The summed E-state index contributed by atoms with van der Waals surface area (Å²) in [7, 11) is 0. The van der Waals surface area contributed by atoms with Crippen molar-refractivity contribution in [2.75, 3.05) is 11.5 Å². The average Bonchev–Trinajstić information content (AvgIpc) is 2.87. The van der Waals surface area contributed by atoms with Gasteiger partial charge >= 0.3 is 6.03 Å². The summed E-state index contributed by atoms with van der Waals surface area (Å²) in [6.07, 6.45) is 3.65. The number of ether oxygens (including phenoxy) is 2. The molecule has 0 unspecified atom stereocenters. The Morgan fingerprint density at radius 2 is 1.67 bits per heavy atom. The van der Waals surface area contributed by atoms with Gasteiger partial charge in [-0.05, 0) is 91.9 Å². The Bertz CT molecular complexity index is 1460. The molecule has 4 rings (SSSR count). The molecule has 0 bridgehead atoms. The number of allylic oxidation sites excluding steroid dienone is 1. The third-order valence-corrected chi connectivity index (χ3v) is 6.24. The molecule has 1 aliphatic heterocycles. The van der Waals surface area contributed by atoms with Crippen molar-refractivity contribution in [3.05, 3.63) is 106 Å². The number of imide groups is 2. The normalized spacial score (nSPS) is 14.4. The summed E-state index contributed by atoms with van der Waals surface area (Å²) in [5, 5.41) is 2.91. The van der Waals surface area contributed by atoms with E-state index in [9.17, 15) is 14.4 Å². The van der Waals surface area contributed by atoms with Crippen molar-refractivity contribution in [1.82, 2.24) is 5.32 Å². The Hall–Kier alpha value is -4.36. The molecule has 4 amide bonds. The highest BCUT2D eigenvalue weighted by Gasteiger charge is 2.37. The van der Waals surface area contributed by atoms with Crippen molar-refractivity contribution in [2.45, 2.75) is 33.8 Å². The fraction of sp³-hybridized carbons (Fsp3) is 0.194. The Morgan fingerprint density at radius 1 is 0.974 bits per heavy atom. The highest BCUT2D eigenvalue weighted by Crippen LogP contribution is 2.36. The molecule has 1 saturated heterocycles. The zero-order chi connectivity index (χ0) is 28.1. The summed E-state index contributed by atoms with van der Waals surface area (Å²) in [6.45, 7) is 10.1. The van der Waals surface area contributed by atoms with Crippen molar-refractivity contribution in [3.8, 4) is 11.5 Å². The van der Waals surface area contributed by atoms with Crippen molar-refractivity contribution in [3.63, 3.8) is 0 Å². The van der Waals surface area contributed by atoms with Gasteiger partial charge in [0.1, 0.15) is 12.2 Å². The molecule has 1 N–H and O–H groups in total. The maximum Gasteiger partial charge on any atom is 0.335 e. The van der Waals surface area contributed by atoms with Gasteiger partial charge in [-0.3, -0.25) is 14.9 Å². The Morgan fingerprint density at radius 3 is 2.31 bits per heavy atom. The number of benzene rings is 3. The predicted molar refractivity (Wildman–Crippen MR) is 152 cm³/mol. The van der Waals surface area contributed by atoms with Crippen LogP contribution in [-0.2, 0) is 22.6 Å². The van der Waals surface area contributed by atoms with Crippen LogP contribution in [0.2, 0.25) is 5.02 Å². The monoisotopic (exact) mass is 544 g/mol. The summed E-state index contributed by atoms with van der Waals surface area (Å²) < 4.78 is 12.1. The van der Waals surface area contributed by atoms with E-state index < -0.39 is 17.8 Å². The number of carbonyl (C=O) groups is 3. The number of aryl methyl sites for hydroxylation is 2. The van der Waals surface area contributed by atoms with Crippen LogP contribution >= 0.6 is 11.6 Å². The van der Waals surface area contributed by atoms with Crippen molar-refractivity contribution in [1.29, 1.82) is 0 Å². The smallest absolute Gasteiger partial charge is 0.335 e. The van der Waals surface area contributed by atoms with E-state index in [0.29, 0.717) is 40.8 Å². The van der Waals surface area contributed by atoms with Crippen LogP contribution in [0, 0.1) is 13.8 Å². The van der Waals surface area contributed by atoms with Gasteiger partial charge < -0.3 is 9.47 Å². The molecule has 0 aliphatic carbocycles. The number of barbiturate groups is 1. The zero-order valence-electron chi connectivity index (χ0n) is 22.0. The molecule has 0 aromatic heterocycles. The summed E-state index contributed by atoms with van der Waals surface area (Å²) in [5.41, 5.74) is 4.23. The molecule has 0 atom stereocenters. The minimum atomic E-state index is -0.791. The number of carbonyl (C=O) groups excluding carboxylic acids is 3. The largest absolute Gasteiger partial charge is 0.490 e. The Kier molecular flexibility index (Phi) is 8.52. The number of nitrogens with one attached hydrogen (secondary N) is 1. The molecule has 39 heavy (non-hydrogen) atoms. The second-order valence-corrected chi connectivity index (χ2v) is 9.59. The fourth-order valence-electron chi connectivity index (χ4n) is 4.38. The van der Waals surface area contributed by atoms with Gasteiger partial charge in [0.15, 0.2) is 11.5 Å².